The van der Waals surface area contributed by atoms with Crippen molar-refractivity contribution < 1.29 is 14.7 Å². The van der Waals surface area contributed by atoms with Gasteiger partial charge in [0.05, 0.1) is 12.6 Å². The molecule has 2 N–H and O–H groups in total. The van der Waals surface area contributed by atoms with Crippen LogP contribution in [0.1, 0.15) is 277 Å². The molecule has 0 spiro atoms. The summed E-state index contributed by atoms with van der Waals surface area (Å²) in [4.78, 5) is 24.6. The first-order valence-corrected chi connectivity index (χ1v) is 24.9. The first-order chi connectivity index (χ1) is 27.1. The normalized spacial score (nSPS) is 12.3. The van der Waals surface area contributed by atoms with Crippen LogP contribution in [0.25, 0.3) is 0 Å². The van der Waals surface area contributed by atoms with Gasteiger partial charge in [-0.3, -0.25) is 9.59 Å². The van der Waals surface area contributed by atoms with E-state index >= 15 is 0 Å². The van der Waals surface area contributed by atoms with Crippen molar-refractivity contribution >= 4 is 11.7 Å². The maximum Gasteiger partial charge on any atom is 0.220 e. The monoisotopic (exact) mass is 772 g/mol. The van der Waals surface area contributed by atoms with Gasteiger partial charge >= 0.3 is 0 Å². The van der Waals surface area contributed by atoms with Gasteiger partial charge in [0.2, 0.25) is 5.91 Å². The second-order valence-electron chi connectivity index (χ2n) is 17.1. The Morgan fingerprint density at radius 3 is 1.16 bits per heavy atom. The minimum absolute atomic E-state index is 0.0566. The van der Waals surface area contributed by atoms with Gasteiger partial charge in [-0.15, -0.1) is 0 Å². The van der Waals surface area contributed by atoms with Crippen molar-refractivity contribution in [2.45, 2.75) is 283 Å². The number of unbranched alkanes of at least 4 members (excludes halogenated alkanes) is 32. The van der Waals surface area contributed by atoms with Crippen LogP contribution in [0.4, 0.5) is 0 Å². The van der Waals surface area contributed by atoms with Gasteiger partial charge in [-0.05, 0) is 57.8 Å². The van der Waals surface area contributed by atoms with Crippen molar-refractivity contribution in [2.24, 2.45) is 0 Å². The molecule has 0 aliphatic carbocycles. The van der Waals surface area contributed by atoms with Gasteiger partial charge < -0.3 is 10.4 Å². The lowest BCUT2D eigenvalue weighted by Gasteiger charge is -2.16. The molecule has 0 radical (unpaired) electrons. The maximum absolute atomic E-state index is 12.4. The second kappa shape index (κ2) is 47.0. The van der Waals surface area contributed by atoms with Crippen molar-refractivity contribution in [3.63, 3.8) is 0 Å². The Morgan fingerprint density at radius 1 is 0.418 bits per heavy atom. The van der Waals surface area contributed by atoms with E-state index in [2.05, 4.69) is 43.5 Å². The molecule has 4 nitrogen and oxygen atoms in total. The molecular formula is C51H97NO3. The minimum Gasteiger partial charge on any atom is -0.394 e. The van der Waals surface area contributed by atoms with Crippen molar-refractivity contribution in [1.29, 1.82) is 0 Å². The first-order valence-electron chi connectivity index (χ1n) is 24.9. The van der Waals surface area contributed by atoms with Crippen LogP contribution in [-0.2, 0) is 9.59 Å². The molecule has 0 aromatic rings. The number of nitrogens with one attached hydrogen (secondary N) is 1. The van der Waals surface area contributed by atoms with Gasteiger partial charge in [0.15, 0.2) is 0 Å². The molecule has 4 heteroatoms. The van der Waals surface area contributed by atoms with Crippen molar-refractivity contribution in [3.8, 4) is 0 Å². The summed E-state index contributed by atoms with van der Waals surface area (Å²) in [6, 6.07) is -0.0712. The van der Waals surface area contributed by atoms with E-state index < -0.39 is 0 Å². The van der Waals surface area contributed by atoms with Crippen molar-refractivity contribution in [2.75, 3.05) is 6.61 Å². The predicted molar refractivity (Wildman–Crippen MR) is 243 cm³/mol. The zero-order valence-electron chi connectivity index (χ0n) is 37.3. The summed E-state index contributed by atoms with van der Waals surface area (Å²) >= 11 is 0. The number of allylic oxidation sites excluding steroid dienone is 4. The van der Waals surface area contributed by atoms with Crippen LogP contribution in [0, 0.1) is 0 Å². The molecular weight excluding hydrogens is 675 g/mol. The quantitative estimate of drug-likeness (QED) is 0.0478. The summed E-state index contributed by atoms with van der Waals surface area (Å²) in [5.74, 6) is 0.599. The Morgan fingerprint density at radius 2 is 0.745 bits per heavy atom. The molecule has 0 bridgehead atoms. The van der Waals surface area contributed by atoms with Gasteiger partial charge in [-0.25, -0.2) is 0 Å². The Bertz CT molecular complexity index is 836. The molecule has 0 aliphatic rings. The predicted octanol–water partition coefficient (Wildman–Crippen LogP) is 16.2. The van der Waals surface area contributed by atoms with Gasteiger partial charge in [-0.1, -0.05) is 224 Å². The molecule has 1 amide bonds. The highest BCUT2D eigenvalue weighted by Gasteiger charge is 2.11. The van der Waals surface area contributed by atoms with E-state index in [0.717, 1.165) is 57.8 Å². The molecule has 0 saturated carbocycles. The third-order valence-electron chi connectivity index (χ3n) is 11.5. The van der Waals surface area contributed by atoms with E-state index in [-0.39, 0.29) is 18.6 Å². The molecule has 0 fully saturated rings. The standard InChI is InChI=1S/C51H97NO3/c1-3-5-7-9-11-13-15-17-19-21-25-29-33-37-41-45-50(54)46-42-38-34-30-26-22-23-27-31-35-39-43-47-51(55)52-49(48-53)44-40-36-32-28-24-20-18-16-14-12-10-8-6-4-2/h11,13,17,19,49,53H,3-10,12,14-16,18,20-48H2,1-2H3,(H,52,55)/b13-11-,19-17-/t49-/m1/s1. The number of aliphatic hydroxyl groups excluding tert-OH is 1. The van der Waals surface area contributed by atoms with E-state index in [9.17, 15) is 14.7 Å². The summed E-state index contributed by atoms with van der Waals surface area (Å²) in [7, 11) is 0. The van der Waals surface area contributed by atoms with Crippen LogP contribution in [0.15, 0.2) is 24.3 Å². The number of carbonyl (C=O) groups is 2. The number of hydrogen-bond acceptors (Lipinski definition) is 3. The third-order valence-corrected chi connectivity index (χ3v) is 11.5. The zero-order chi connectivity index (χ0) is 40.0. The van der Waals surface area contributed by atoms with E-state index in [1.165, 1.54) is 199 Å². The summed E-state index contributed by atoms with van der Waals surface area (Å²) < 4.78 is 0. The summed E-state index contributed by atoms with van der Waals surface area (Å²) in [5.41, 5.74) is 0. The van der Waals surface area contributed by atoms with E-state index in [4.69, 9.17) is 0 Å². The summed E-state index contributed by atoms with van der Waals surface area (Å²) in [6.07, 6.45) is 59.6. The van der Waals surface area contributed by atoms with Crippen molar-refractivity contribution in [3.05, 3.63) is 24.3 Å². The highest BCUT2D eigenvalue weighted by Crippen LogP contribution is 2.16. The average molecular weight is 772 g/mol. The zero-order valence-corrected chi connectivity index (χ0v) is 37.3. The first kappa shape index (κ1) is 53.6. The van der Waals surface area contributed by atoms with Gasteiger partial charge in [0, 0.05) is 19.3 Å². The fraction of sp³-hybridized carbons (Fsp3) is 0.882. The van der Waals surface area contributed by atoms with Crippen LogP contribution < -0.4 is 5.32 Å². The minimum atomic E-state index is -0.0712. The molecule has 0 saturated heterocycles. The smallest absolute Gasteiger partial charge is 0.220 e. The number of Topliss-reactive ketones (excluding diaryl/α,β-unsaturated/α-hetero) is 1. The largest absolute Gasteiger partial charge is 0.394 e. The fourth-order valence-corrected chi connectivity index (χ4v) is 7.73. The highest BCUT2D eigenvalue weighted by molar-refractivity contribution is 5.78. The van der Waals surface area contributed by atoms with Crippen LogP contribution in [-0.4, -0.2) is 29.4 Å². The van der Waals surface area contributed by atoms with Crippen molar-refractivity contribution in [1.82, 2.24) is 5.32 Å². The third kappa shape index (κ3) is 45.2. The molecule has 1 atom stereocenters. The number of carbonyl (C=O) groups excluding carboxylic acids is 2. The van der Waals surface area contributed by atoms with E-state index in [0.29, 0.717) is 12.2 Å². The van der Waals surface area contributed by atoms with Crippen LogP contribution >= 0.6 is 0 Å². The molecule has 324 valence electrons. The van der Waals surface area contributed by atoms with Gasteiger partial charge in [0.1, 0.15) is 5.78 Å². The number of ketones is 1. The Kier molecular flexibility index (Phi) is 45.7. The number of aliphatic hydroxyl groups is 1. The van der Waals surface area contributed by atoms with E-state index in [1.807, 2.05) is 0 Å². The summed E-state index contributed by atoms with van der Waals surface area (Å²) in [5, 5.41) is 12.8. The lowest BCUT2D eigenvalue weighted by molar-refractivity contribution is -0.122. The average Bonchev–Trinajstić information content (AvgIpc) is 3.19. The highest BCUT2D eigenvalue weighted by atomic mass is 16.3. The maximum atomic E-state index is 12.4. The molecule has 55 heavy (non-hydrogen) atoms. The number of hydrogen-bond donors (Lipinski definition) is 2. The molecule has 0 aliphatic heterocycles. The second-order valence-corrected chi connectivity index (χ2v) is 17.1. The molecule has 0 heterocycles. The Labute approximate surface area is 344 Å². The topological polar surface area (TPSA) is 66.4 Å². The van der Waals surface area contributed by atoms with Crippen LogP contribution in [0.5, 0.6) is 0 Å². The lowest BCUT2D eigenvalue weighted by Crippen LogP contribution is -2.37. The Balaban J connectivity index is 3.40. The fourth-order valence-electron chi connectivity index (χ4n) is 7.73. The van der Waals surface area contributed by atoms with Crippen LogP contribution in [0.2, 0.25) is 0 Å². The van der Waals surface area contributed by atoms with Gasteiger partial charge in [-0.2, -0.15) is 0 Å². The molecule has 0 aromatic carbocycles. The SMILES string of the molecule is CCCCC/C=C\C/C=C\CCCCCCCC(=O)CCCCCCCCCCCCCCC(=O)N[C@@H](CO)CCCCCCCCCCCCCCCC. The number of amides is 1. The Hall–Kier alpha value is -1.42. The molecule has 0 unspecified atom stereocenters. The molecule has 0 aromatic heterocycles. The number of rotatable bonds is 46. The van der Waals surface area contributed by atoms with Crippen LogP contribution in [0.3, 0.4) is 0 Å². The van der Waals surface area contributed by atoms with E-state index in [1.54, 1.807) is 0 Å². The summed E-state index contributed by atoms with van der Waals surface area (Å²) in [6.45, 7) is 4.59. The molecule has 0 rings (SSSR count). The van der Waals surface area contributed by atoms with Gasteiger partial charge in [0.25, 0.3) is 0 Å². The lowest BCUT2D eigenvalue weighted by atomic mass is 10.0.